The predicted molar refractivity (Wildman–Crippen MR) is 66.9 cm³/mol. The molecule has 1 aliphatic heterocycles. The van der Waals surface area contributed by atoms with Crippen molar-refractivity contribution in [3.05, 3.63) is 0 Å². The molecule has 2 aliphatic rings. The van der Waals surface area contributed by atoms with Crippen molar-refractivity contribution in [3.8, 4) is 0 Å². The largest absolute Gasteiger partial charge is 0.378 e. The third-order valence-electron chi connectivity index (χ3n) is 3.67. The van der Waals surface area contributed by atoms with E-state index in [4.69, 9.17) is 4.74 Å². The first-order valence-corrected chi connectivity index (χ1v) is 6.79. The molecule has 5 heteroatoms. The first-order valence-electron chi connectivity index (χ1n) is 6.79. The van der Waals surface area contributed by atoms with Crippen molar-refractivity contribution in [2.24, 2.45) is 5.92 Å². The Kier molecular flexibility index (Phi) is 4.22. The number of hydrogen-bond donors (Lipinski definition) is 2. The minimum Gasteiger partial charge on any atom is -0.378 e. The Morgan fingerprint density at radius 2 is 2.17 bits per heavy atom. The lowest BCUT2D eigenvalue weighted by Gasteiger charge is -2.37. The molecule has 0 unspecified atom stereocenters. The minimum atomic E-state index is -0.354. The quantitative estimate of drug-likeness (QED) is 0.771. The molecular formula is C13H22N2O3. The summed E-state index contributed by atoms with van der Waals surface area (Å²) in [6, 6.07) is -0.143. The molecule has 102 valence electrons. The van der Waals surface area contributed by atoms with Gasteiger partial charge in [-0.2, -0.15) is 0 Å². The lowest BCUT2D eigenvalue weighted by Crippen LogP contribution is -2.56. The Labute approximate surface area is 108 Å². The molecule has 0 radical (unpaired) electrons. The van der Waals surface area contributed by atoms with Gasteiger partial charge in [0.2, 0.25) is 11.8 Å². The van der Waals surface area contributed by atoms with Gasteiger partial charge >= 0.3 is 0 Å². The van der Waals surface area contributed by atoms with E-state index in [0.29, 0.717) is 12.5 Å². The van der Waals surface area contributed by atoms with E-state index < -0.39 is 0 Å². The number of rotatable bonds is 4. The molecule has 2 fully saturated rings. The second-order valence-electron chi connectivity index (χ2n) is 5.42. The highest BCUT2D eigenvalue weighted by Gasteiger charge is 2.34. The van der Waals surface area contributed by atoms with Crippen molar-refractivity contribution in [2.75, 3.05) is 6.61 Å². The second-order valence-corrected chi connectivity index (χ2v) is 5.42. The van der Waals surface area contributed by atoms with E-state index in [2.05, 4.69) is 10.6 Å². The molecule has 2 amide bonds. The van der Waals surface area contributed by atoms with Crippen molar-refractivity contribution < 1.29 is 14.3 Å². The lowest BCUT2D eigenvalue weighted by molar-refractivity contribution is -0.133. The highest BCUT2D eigenvalue weighted by Crippen LogP contribution is 2.24. The van der Waals surface area contributed by atoms with Crippen molar-refractivity contribution in [1.82, 2.24) is 10.6 Å². The maximum Gasteiger partial charge on any atom is 0.242 e. The van der Waals surface area contributed by atoms with Crippen molar-refractivity contribution in [2.45, 2.75) is 57.7 Å². The first kappa shape index (κ1) is 13.3. The molecule has 0 aromatic rings. The smallest absolute Gasteiger partial charge is 0.242 e. The normalized spacial score (nSPS) is 35.6. The van der Waals surface area contributed by atoms with Gasteiger partial charge in [0.05, 0.1) is 6.10 Å². The Hall–Kier alpha value is -1.10. The maximum atomic E-state index is 12.0. The van der Waals surface area contributed by atoms with E-state index in [1.807, 2.05) is 13.8 Å². The standard InChI is InChI=1S/C13H22N2O3/c1-3-18-10-6-9(7-10)14-13(17)11-4-8(2)5-12(16)15-11/h8-11H,3-7H2,1-2H3,(H,14,17)(H,15,16)/t8-,9?,10?,11-/m0/s1. The summed E-state index contributed by atoms with van der Waals surface area (Å²) in [5, 5.41) is 5.74. The molecule has 2 atom stereocenters. The Bertz CT molecular complexity index is 326. The van der Waals surface area contributed by atoms with Crippen LogP contribution >= 0.6 is 0 Å². The highest BCUT2D eigenvalue weighted by atomic mass is 16.5. The second kappa shape index (κ2) is 5.69. The molecule has 2 rings (SSSR count). The van der Waals surface area contributed by atoms with E-state index in [9.17, 15) is 9.59 Å². The van der Waals surface area contributed by atoms with Crippen LogP contribution in [0.2, 0.25) is 0 Å². The van der Waals surface area contributed by atoms with Gasteiger partial charge in [0, 0.05) is 19.1 Å². The molecule has 2 N–H and O–H groups in total. The average molecular weight is 254 g/mol. The van der Waals surface area contributed by atoms with E-state index in [1.54, 1.807) is 0 Å². The SMILES string of the molecule is CCOC1CC(NC(=O)[C@@H]2C[C@H](C)CC(=O)N2)C1. The van der Waals surface area contributed by atoms with Crippen LogP contribution < -0.4 is 10.6 Å². The zero-order valence-electron chi connectivity index (χ0n) is 11.1. The lowest BCUT2D eigenvalue weighted by atomic mass is 9.88. The summed E-state index contributed by atoms with van der Waals surface area (Å²) in [5.74, 6) is 0.219. The van der Waals surface area contributed by atoms with E-state index in [-0.39, 0.29) is 29.8 Å². The Balaban J connectivity index is 1.73. The molecule has 0 spiro atoms. The van der Waals surface area contributed by atoms with Gasteiger partial charge in [-0.1, -0.05) is 6.92 Å². The molecule has 5 nitrogen and oxygen atoms in total. The number of hydrogen-bond acceptors (Lipinski definition) is 3. The molecule has 18 heavy (non-hydrogen) atoms. The van der Waals surface area contributed by atoms with Gasteiger partial charge in [0.1, 0.15) is 6.04 Å². The molecule has 0 aromatic carbocycles. The zero-order chi connectivity index (χ0) is 13.1. The third-order valence-corrected chi connectivity index (χ3v) is 3.67. The Morgan fingerprint density at radius 1 is 1.44 bits per heavy atom. The van der Waals surface area contributed by atoms with E-state index >= 15 is 0 Å². The van der Waals surface area contributed by atoms with Crippen molar-refractivity contribution in [1.29, 1.82) is 0 Å². The molecule has 1 heterocycles. The average Bonchev–Trinajstić information content (AvgIpc) is 2.24. The van der Waals surface area contributed by atoms with E-state index in [1.165, 1.54) is 0 Å². The summed E-state index contributed by atoms with van der Waals surface area (Å²) in [6.45, 7) is 4.71. The molecule has 0 bridgehead atoms. The number of carbonyl (C=O) groups excluding carboxylic acids is 2. The summed E-state index contributed by atoms with van der Waals surface area (Å²) >= 11 is 0. The number of ether oxygens (including phenoxy) is 1. The number of nitrogens with one attached hydrogen (secondary N) is 2. The molecule has 1 aliphatic carbocycles. The fraction of sp³-hybridized carbons (Fsp3) is 0.846. The summed E-state index contributed by atoms with van der Waals surface area (Å²) < 4.78 is 5.45. The topological polar surface area (TPSA) is 67.4 Å². The van der Waals surface area contributed by atoms with Crippen LogP contribution in [-0.2, 0) is 14.3 Å². The molecule has 1 saturated carbocycles. The van der Waals surface area contributed by atoms with Crippen LogP contribution in [0.4, 0.5) is 0 Å². The minimum absolute atomic E-state index is 0.0188. The van der Waals surface area contributed by atoms with E-state index in [0.717, 1.165) is 25.9 Å². The van der Waals surface area contributed by atoms with Crippen LogP contribution in [-0.4, -0.2) is 36.6 Å². The van der Waals surface area contributed by atoms with Crippen molar-refractivity contribution >= 4 is 11.8 Å². The van der Waals surface area contributed by atoms with Gasteiger partial charge in [-0.05, 0) is 32.1 Å². The van der Waals surface area contributed by atoms with Crippen LogP contribution in [0.3, 0.4) is 0 Å². The Morgan fingerprint density at radius 3 is 2.78 bits per heavy atom. The van der Waals surface area contributed by atoms with Crippen LogP contribution in [0.5, 0.6) is 0 Å². The van der Waals surface area contributed by atoms with Crippen LogP contribution in [0.1, 0.15) is 39.5 Å². The van der Waals surface area contributed by atoms with Crippen molar-refractivity contribution in [3.63, 3.8) is 0 Å². The number of carbonyl (C=O) groups is 2. The fourth-order valence-electron chi connectivity index (χ4n) is 2.64. The van der Waals surface area contributed by atoms with Crippen LogP contribution in [0.15, 0.2) is 0 Å². The zero-order valence-corrected chi connectivity index (χ0v) is 11.1. The molecule has 1 saturated heterocycles. The summed E-state index contributed by atoms with van der Waals surface area (Å²) in [7, 11) is 0. The summed E-state index contributed by atoms with van der Waals surface area (Å²) in [4.78, 5) is 23.4. The van der Waals surface area contributed by atoms with Gasteiger partial charge < -0.3 is 15.4 Å². The highest BCUT2D eigenvalue weighted by molar-refractivity contribution is 5.89. The first-order chi connectivity index (χ1) is 8.58. The maximum absolute atomic E-state index is 12.0. The predicted octanol–water partition coefficient (Wildman–Crippen LogP) is 0.585. The number of piperidine rings is 1. The van der Waals surface area contributed by atoms with Crippen LogP contribution in [0.25, 0.3) is 0 Å². The third kappa shape index (κ3) is 3.22. The molecule has 0 aromatic heterocycles. The number of amides is 2. The molecular weight excluding hydrogens is 232 g/mol. The fourth-order valence-corrected chi connectivity index (χ4v) is 2.64. The monoisotopic (exact) mass is 254 g/mol. The summed E-state index contributed by atoms with van der Waals surface area (Å²) in [6.07, 6.45) is 3.32. The van der Waals surface area contributed by atoms with Gasteiger partial charge in [-0.25, -0.2) is 0 Å². The summed E-state index contributed by atoms with van der Waals surface area (Å²) in [5.41, 5.74) is 0. The van der Waals surface area contributed by atoms with Gasteiger partial charge in [-0.3, -0.25) is 9.59 Å². The van der Waals surface area contributed by atoms with Gasteiger partial charge in [0.25, 0.3) is 0 Å². The van der Waals surface area contributed by atoms with Gasteiger partial charge in [-0.15, -0.1) is 0 Å². The van der Waals surface area contributed by atoms with Crippen LogP contribution in [0, 0.1) is 5.92 Å². The van der Waals surface area contributed by atoms with Gasteiger partial charge in [0.15, 0.2) is 0 Å².